The first-order valence-corrected chi connectivity index (χ1v) is 13.1. The average Bonchev–Trinajstić information content (AvgIpc) is 3.29. The first-order chi connectivity index (χ1) is 15.7. The van der Waals surface area contributed by atoms with Crippen LogP contribution in [0.25, 0.3) is 0 Å². The second kappa shape index (κ2) is 9.50. The summed E-state index contributed by atoms with van der Waals surface area (Å²) in [5.41, 5.74) is 0. The van der Waals surface area contributed by atoms with E-state index < -0.39 is 28.1 Å². The molecule has 33 heavy (non-hydrogen) atoms. The number of likely N-dealkylation sites (tertiary alicyclic amines) is 1. The monoisotopic (exact) mass is 480 g/mol. The van der Waals surface area contributed by atoms with Crippen molar-refractivity contribution >= 4 is 21.9 Å². The zero-order valence-electron chi connectivity index (χ0n) is 19.4. The summed E-state index contributed by atoms with van der Waals surface area (Å²) < 4.78 is 44.3. The van der Waals surface area contributed by atoms with Crippen molar-refractivity contribution in [1.29, 1.82) is 0 Å². The van der Waals surface area contributed by atoms with Gasteiger partial charge in [-0.2, -0.15) is 4.31 Å². The number of benzene rings is 1. The van der Waals surface area contributed by atoms with Gasteiger partial charge in [0.15, 0.2) is 17.6 Å². The molecule has 0 unspecified atom stereocenters. The Labute approximate surface area is 195 Å². The van der Waals surface area contributed by atoms with Crippen LogP contribution in [0.5, 0.6) is 11.5 Å². The molecule has 2 saturated heterocycles. The maximum Gasteiger partial charge on any atom is 0.325 e. The van der Waals surface area contributed by atoms with Crippen molar-refractivity contribution in [3.63, 3.8) is 0 Å². The topological polar surface area (TPSA) is 102 Å². The minimum atomic E-state index is -3.96. The minimum Gasteiger partial charge on any atom is -0.486 e. The second-order valence-corrected chi connectivity index (χ2v) is 10.9. The molecule has 0 radical (unpaired) electrons. The molecular formula is C23H32N2O7S. The molecule has 9 nitrogen and oxygen atoms in total. The van der Waals surface area contributed by atoms with E-state index in [1.54, 1.807) is 17.9 Å². The SMILES string of the molecule is C[C@H](OC(=O)[C@H]1CCCN1S(=O)(=O)c1ccc2c(c1)OCCO2)C(=O)N1[C@H](C)CCC[C@@H]1C. The summed E-state index contributed by atoms with van der Waals surface area (Å²) in [4.78, 5) is 27.8. The third-order valence-electron chi connectivity index (χ3n) is 6.68. The lowest BCUT2D eigenvalue weighted by atomic mass is 9.97. The smallest absolute Gasteiger partial charge is 0.325 e. The van der Waals surface area contributed by atoms with Crippen LogP contribution in [-0.2, 0) is 24.3 Å². The highest BCUT2D eigenvalue weighted by Crippen LogP contribution is 2.35. The highest BCUT2D eigenvalue weighted by atomic mass is 32.2. The standard InChI is InChI=1S/C23H32N2O7S/c1-15-6-4-7-16(2)25(15)22(26)17(3)32-23(27)19-8-5-11-24(19)33(28,29)18-9-10-20-21(14-18)31-13-12-30-20/h9-10,14-17,19H,4-8,11-13H2,1-3H3/t15-,16+,17-,19+/m0/s1. The molecule has 0 saturated carbocycles. The lowest BCUT2D eigenvalue weighted by molar-refractivity contribution is -0.164. The molecule has 3 aliphatic rings. The molecule has 4 atom stereocenters. The second-order valence-electron chi connectivity index (χ2n) is 9.03. The Balaban J connectivity index is 1.47. The largest absolute Gasteiger partial charge is 0.486 e. The minimum absolute atomic E-state index is 0.0338. The van der Waals surface area contributed by atoms with Crippen molar-refractivity contribution < 1.29 is 32.2 Å². The summed E-state index contributed by atoms with van der Waals surface area (Å²) in [5.74, 6) is -0.0650. The highest BCUT2D eigenvalue weighted by Gasteiger charge is 2.42. The number of rotatable bonds is 5. The molecule has 182 valence electrons. The molecule has 0 bridgehead atoms. The molecular weight excluding hydrogens is 448 g/mol. The normalized spacial score (nSPS) is 26.6. The van der Waals surface area contributed by atoms with Gasteiger partial charge in [-0.3, -0.25) is 9.59 Å². The number of piperidine rings is 1. The molecule has 0 aliphatic carbocycles. The number of carbonyl (C=O) groups excluding carboxylic acids is 2. The summed E-state index contributed by atoms with van der Waals surface area (Å²) in [6.07, 6.45) is 2.81. The predicted octanol–water partition coefficient (Wildman–Crippen LogP) is 2.33. The van der Waals surface area contributed by atoms with Gasteiger partial charge in [-0.15, -0.1) is 0 Å². The van der Waals surface area contributed by atoms with E-state index in [-0.39, 0.29) is 29.4 Å². The summed E-state index contributed by atoms with van der Waals surface area (Å²) >= 11 is 0. The molecule has 0 N–H and O–H groups in total. The predicted molar refractivity (Wildman–Crippen MR) is 120 cm³/mol. The number of amides is 1. The summed E-state index contributed by atoms with van der Waals surface area (Å²) in [7, 11) is -3.96. The number of hydrogen-bond acceptors (Lipinski definition) is 7. The van der Waals surface area contributed by atoms with Crippen LogP contribution in [0.15, 0.2) is 23.1 Å². The van der Waals surface area contributed by atoms with Crippen LogP contribution < -0.4 is 9.47 Å². The van der Waals surface area contributed by atoms with Crippen LogP contribution in [0.4, 0.5) is 0 Å². The Morgan fingerprint density at radius 2 is 1.70 bits per heavy atom. The lowest BCUT2D eigenvalue weighted by Crippen LogP contribution is -2.52. The Bertz CT molecular complexity index is 1000. The van der Waals surface area contributed by atoms with Crippen molar-refractivity contribution in [2.45, 2.75) is 82.0 Å². The van der Waals surface area contributed by atoms with Crippen LogP contribution in [0.1, 0.15) is 52.9 Å². The van der Waals surface area contributed by atoms with E-state index in [0.29, 0.717) is 37.6 Å². The Hall–Kier alpha value is -2.33. The summed E-state index contributed by atoms with van der Waals surface area (Å²) in [6, 6.07) is 3.65. The van der Waals surface area contributed by atoms with Crippen molar-refractivity contribution in [3.05, 3.63) is 18.2 Å². The van der Waals surface area contributed by atoms with Crippen LogP contribution in [0.3, 0.4) is 0 Å². The van der Waals surface area contributed by atoms with E-state index in [1.807, 2.05) is 13.8 Å². The highest BCUT2D eigenvalue weighted by molar-refractivity contribution is 7.89. The Morgan fingerprint density at radius 1 is 1.03 bits per heavy atom. The molecule has 1 amide bonds. The van der Waals surface area contributed by atoms with Gasteiger partial charge < -0.3 is 19.1 Å². The van der Waals surface area contributed by atoms with E-state index in [0.717, 1.165) is 19.3 Å². The zero-order chi connectivity index (χ0) is 23.8. The number of nitrogens with zero attached hydrogens (tertiary/aromatic N) is 2. The van der Waals surface area contributed by atoms with Crippen molar-refractivity contribution in [1.82, 2.24) is 9.21 Å². The van der Waals surface area contributed by atoms with Gasteiger partial charge in [0.05, 0.1) is 4.90 Å². The van der Waals surface area contributed by atoms with Crippen LogP contribution in [0.2, 0.25) is 0 Å². The van der Waals surface area contributed by atoms with Gasteiger partial charge in [0.2, 0.25) is 10.0 Å². The Morgan fingerprint density at radius 3 is 2.39 bits per heavy atom. The van der Waals surface area contributed by atoms with E-state index in [1.165, 1.54) is 16.4 Å². The first kappa shape index (κ1) is 23.8. The van der Waals surface area contributed by atoms with Crippen molar-refractivity contribution in [2.24, 2.45) is 0 Å². The van der Waals surface area contributed by atoms with Crippen molar-refractivity contribution in [2.75, 3.05) is 19.8 Å². The molecule has 3 aliphatic heterocycles. The molecule has 0 aromatic heterocycles. The average molecular weight is 481 g/mol. The zero-order valence-corrected chi connectivity index (χ0v) is 20.2. The van der Waals surface area contributed by atoms with Crippen LogP contribution in [0, 0.1) is 0 Å². The van der Waals surface area contributed by atoms with Gasteiger partial charge in [-0.25, -0.2) is 8.42 Å². The van der Waals surface area contributed by atoms with E-state index in [9.17, 15) is 18.0 Å². The van der Waals surface area contributed by atoms with Crippen LogP contribution >= 0.6 is 0 Å². The fourth-order valence-corrected chi connectivity index (χ4v) is 6.61. The van der Waals surface area contributed by atoms with E-state index in [2.05, 4.69) is 0 Å². The van der Waals surface area contributed by atoms with E-state index in [4.69, 9.17) is 14.2 Å². The quantitative estimate of drug-likeness (QED) is 0.596. The fraction of sp³-hybridized carbons (Fsp3) is 0.652. The fourth-order valence-electron chi connectivity index (χ4n) is 4.95. The van der Waals surface area contributed by atoms with E-state index >= 15 is 0 Å². The van der Waals surface area contributed by atoms with Gasteiger partial charge in [0.25, 0.3) is 5.91 Å². The molecule has 10 heteroatoms. The summed E-state index contributed by atoms with van der Waals surface area (Å²) in [5, 5.41) is 0. The number of esters is 1. The Kier molecular flexibility index (Phi) is 6.86. The third-order valence-corrected chi connectivity index (χ3v) is 8.59. The lowest BCUT2D eigenvalue weighted by Gasteiger charge is -2.40. The third kappa shape index (κ3) is 4.68. The molecule has 3 heterocycles. The molecule has 1 aromatic rings. The number of hydrogen-bond donors (Lipinski definition) is 0. The van der Waals surface area contributed by atoms with Crippen molar-refractivity contribution in [3.8, 4) is 11.5 Å². The number of fused-ring (bicyclic) bond motifs is 1. The number of carbonyl (C=O) groups is 2. The van der Waals surface area contributed by atoms with Gasteiger partial charge >= 0.3 is 5.97 Å². The number of sulfonamides is 1. The summed E-state index contributed by atoms with van der Waals surface area (Å²) in [6.45, 7) is 6.52. The maximum absolute atomic E-state index is 13.3. The van der Waals surface area contributed by atoms with Crippen LogP contribution in [-0.4, -0.2) is 73.5 Å². The first-order valence-electron chi connectivity index (χ1n) is 11.6. The maximum atomic E-state index is 13.3. The van der Waals surface area contributed by atoms with Gasteiger partial charge in [0, 0.05) is 24.7 Å². The molecule has 2 fully saturated rings. The van der Waals surface area contributed by atoms with Gasteiger partial charge in [-0.1, -0.05) is 0 Å². The van der Waals surface area contributed by atoms with Gasteiger partial charge in [0.1, 0.15) is 19.3 Å². The van der Waals surface area contributed by atoms with Gasteiger partial charge in [-0.05, 0) is 65.0 Å². The molecule has 4 rings (SSSR count). The molecule has 0 spiro atoms. The molecule has 1 aromatic carbocycles. The number of ether oxygens (including phenoxy) is 3.